The van der Waals surface area contributed by atoms with E-state index >= 15 is 0 Å². The standard InChI is InChI=1S/C24H38N4O4/c1-16(2)32-24(31)20-17(3)21(26-18(20)4)23(30)28-13-8-9-19(15-28)22(29)25-10-14-27-11-6-5-7-12-27/h16,19,26H,5-15H2,1-4H3,(H,25,29)/t19-/m0/s1. The van der Waals surface area contributed by atoms with E-state index in [1.807, 2.05) is 0 Å². The summed E-state index contributed by atoms with van der Waals surface area (Å²) in [5.74, 6) is -0.759. The van der Waals surface area contributed by atoms with Gasteiger partial charge in [0.2, 0.25) is 5.91 Å². The van der Waals surface area contributed by atoms with Gasteiger partial charge in [-0.2, -0.15) is 0 Å². The zero-order chi connectivity index (χ0) is 23.3. The summed E-state index contributed by atoms with van der Waals surface area (Å²) in [4.78, 5) is 45.6. The Labute approximate surface area is 191 Å². The maximum atomic E-state index is 13.2. The van der Waals surface area contributed by atoms with Crippen molar-refractivity contribution in [2.75, 3.05) is 39.3 Å². The summed E-state index contributed by atoms with van der Waals surface area (Å²) in [6.45, 7) is 11.9. The first kappa shape index (κ1) is 24.3. The number of aromatic nitrogens is 1. The molecular weight excluding hydrogens is 408 g/mol. The summed E-state index contributed by atoms with van der Waals surface area (Å²) >= 11 is 0. The van der Waals surface area contributed by atoms with E-state index in [4.69, 9.17) is 4.74 Å². The molecule has 8 nitrogen and oxygen atoms in total. The maximum Gasteiger partial charge on any atom is 0.340 e. The van der Waals surface area contributed by atoms with E-state index in [-0.39, 0.29) is 23.8 Å². The fraction of sp³-hybridized carbons (Fsp3) is 0.708. The van der Waals surface area contributed by atoms with Crippen molar-refractivity contribution in [2.45, 2.75) is 65.9 Å². The minimum absolute atomic E-state index is 0.0279. The molecule has 32 heavy (non-hydrogen) atoms. The number of H-pyrrole nitrogens is 1. The number of likely N-dealkylation sites (tertiary alicyclic amines) is 2. The van der Waals surface area contributed by atoms with Crippen LogP contribution < -0.4 is 5.32 Å². The van der Waals surface area contributed by atoms with Crippen LogP contribution in [0.4, 0.5) is 0 Å². The van der Waals surface area contributed by atoms with Crippen LogP contribution in [-0.4, -0.2) is 77.9 Å². The molecule has 178 valence electrons. The van der Waals surface area contributed by atoms with Gasteiger partial charge in [0.25, 0.3) is 5.91 Å². The number of piperidine rings is 2. The van der Waals surface area contributed by atoms with Crippen molar-refractivity contribution in [3.63, 3.8) is 0 Å². The third kappa shape index (κ3) is 5.91. The Morgan fingerprint density at radius 1 is 1.09 bits per heavy atom. The second-order valence-corrected chi connectivity index (χ2v) is 9.36. The van der Waals surface area contributed by atoms with Crippen LogP contribution in [0, 0.1) is 19.8 Å². The number of aryl methyl sites for hydroxylation is 1. The number of carbonyl (C=O) groups is 3. The molecular formula is C24H38N4O4. The number of esters is 1. The Balaban J connectivity index is 1.58. The van der Waals surface area contributed by atoms with Gasteiger partial charge in [0.05, 0.1) is 17.6 Å². The first-order chi connectivity index (χ1) is 15.3. The number of aromatic amines is 1. The smallest absolute Gasteiger partial charge is 0.340 e. The normalized spacial score (nSPS) is 19.8. The molecule has 0 unspecified atom stereocenters. The highest BCUT2D eigenvalue weighted by atomic mass is 16.5. The van der Waals surface area contributed by atoms with Crippen molar-refractivity contribution in [3.05, 3.63) is 22.5 Å². The molecule has 3 rings (SSSR count). The third-order valence-corrected chi connectivity index (χ3v) is 6.45. The van der Waals surface area contributed by atoms with Gasteiger partial charge in [-0.05, 0) is 72.0 Å². The lowest BCUT2D eigenvalue weighted by Gasteiger charge is -2.32. The predicted molar refractivity (Wildman–Crippen MR) is 123 cm³/mol. The van der Waals surface area contributed by atoms with Crippen LogP contribution in [0.25, 0.3) is 0 Å². The Bertz CT molecular complexity index is 826. The number of hydrogen-bond acceptors (Lipinski definition) is 5. The van der Waals surface area contributed by atoms with Crippen LogP contribution in [0.15, 0.2) is 0 Å². The number of nitrogens with one attached hydrogen (secondary N) is 2. The number of nitrogens with zero attached hydrogens (tertiary/aromatic N) is 2. The fourth-order valence-electron chi connectivity index (χ4n) is 4.74. The Morgan fingerprint density at radius 3 is 2.50 bits per heavy atom. The SMILES string of the molecule is Cc1[nH]c(C(=O)N2CCC[C@H](C(=O)NCCN3CCCCC3)C2)c(C)c1C(=O)OC(C)C. The lowest BCUT2D eigenvalue weighted by Crippen LogP contribution is -2.47. The highest BCUT2D eigenvalue weighted by Gasteiger charge is 2.32. The van der Waals surface area contributed by atoms with Gasteiger partial charge in [0.15, 0.2) is 0 Å². The van der Waals surface area contributed by atoms with Gasteiger partial charge in [0.1, 0.15) is 5.69 Å². The average molecular weight is 447 g/mol. The zero-order valence-electron chi connectivity index (χ0n) is 20.0. The van der Waals surface area contributed by atoms with Crippen LogP contribution in [0.1, 0.15) is 78.1 Å². The molecule has 1 atom stereocenters. The van der Waals surface area contributed by atoms with Crippen molar-refractivity contribution >= 4 is 17.8 Å². The Morgan fingerprint density at radius 2 is 1.81 bits per heavy atom. The molecule has 2 aliphatic rings. The molecule has 2 N–H and O–H groups in total. The van der Waals surface area contributed by atoms with Crippen molar-refractivity contribution in [3.8, 4) is 0 Å². The van der Waals surface area contributed by atoms with Crippen LogP contribution >= 0.6 is 0 Å². The van der Waals surface area contributed by atoms with E-state index in [1.165, 1.54) is 19.3 Å². The van der Waals surface area contributed by atoms with Gasteiger partial charge in [0, 0.05) is 31.9 Å². The molecule has 1 aromatic heterocycles. The van der Waals surface area contributed by atoms with Gasteiger partial charge in [-0.25, -0.2) is 4.79 Å². The number of ether oxygens (including phenoxy) is 1. The molecule has 2 amide bonds. The second kappa shape index (κ2) is 11.0. The van der Waals surface area contributed by atoms with E-state index < -0.39 is 5.97 Å². The number of rotatable bonds is 7. The molecule has 0 spiro atoms. The summed E-state index contributed by atoms with van der Waals surface area (Å²) in [5.41, 5.74) is 2.06. The molecule has 2 fully saturated rings. The predicted octanol–water partition coefficient (Wildman–Crippen LogP) is 2.65. The minimum Gasteiger partial charge on any atom is -0.459 e. The van der Waals surface area contributed by atoms with E-state index in [2.05, 4.69) is 15.2 Å². The van der Waals surface area contributed by atoms with Gasteiger partial charge in [-0.3, -0.25) is 9.59 Å². The van der Waals surface area contributed by atoms with Crippen molar-refractivity contribution in [1.82, 2.24) is 20.1 Å². The van der Waals surface area contributed by atoms with Crippen molar-refractivity contribution in [2.24, 2.45) is 5.92 Å². The molecule has 0 radical (unpaired) electrons. The van der Waals surface area contributed by atoms with Crippen molar-refractivity contribution in [1.29, 1.82) is 0 Å². The number of carbonyl (C=O) groups excluding carboxylic acids is 3. The molecule has 0 aromatic carbocycles. The molecule has 2 aliphatic heterocycles. The van der Waals surface area contributed by atoms with E-state index in [9.17, 15) is 14.4 Å². The van der Waals surface area contributed by atoms with Gasteiger partial charge in [-0.1, -0.05) is 6.42 Å². The molecule has 0 saturated carbocycles. The van der Waals surface area contributed by atoms with Gasteiger partial charge >= 0.3 is 5.97 Å². The van der Waals surface area contributed by atoms with Crippen LogP contribution in [0.3, 0.4) is 0 Å². The monoisotopic (exact) mass is 446 g/mol. The number of amides is 2. The molecule has 0 bridgehead atoms. The van der Waals surface area contributed by atoms with E-state index in [0.29, 0.717) is 42.1 Å². The quantitative estimate of drug-likeness (QED) is 0.628. The van der Waals surface area contributed by atoms with Crippen molar-refractivity contribution < 1.29 is 19.1 Å². The first-order valence-corrected chi connectivity index (χ1v) is 12.0. The first-order valence-electron chi connectivity index (χ1n) is 12.0. The Kier molecular flexibility index (Phi) is 8.34. The molecule has 0 aliphatic carbocycles. The fourth-order valence-corrected chi connectivity index (χ4v) is 4.74. The van der Waals surface area contributed by atoms with E-state index in [0.717, 1.165) is 32.5 Å². The second-order valence-electron chi connectivity index (χ2n) is 9.36. The van der Waals surface area contributed by atoms with Gasteiger partial charge < -0.3 is 24.8 Å². The summed E-state index contributed by atoms with van der Waals surface area (Å²) < 4.78 is 5.33. The lowest BCUT2D eigenvalue weighted by atomic mass is 9.96. The zero-order valence-corrected chi connectivity index (χ0v) is 20.0. The highest BCUT2D eigenvalue weighted by Crippen LogP contribution is 2.24. The largest absolute Gasteiger partial charge is 0.459 e. The topological polar surface area (TPSA) is 94.7 Å². The summed E-state index contributed by atoms with van der Waals surface area (Å²) in [7, 11) is 0. The number of hydrogen-bond donors (Lipinski definition) is 2. The van der Waals surface area contributed by atoms with Gasteiger partial charge in [-0.15, -0.1) is 0 Å². The molecule has 2 saturated heterocycles. The molecule has 1 aromatic rings. The molecule has 8 heteroatoms. The third-order valence-electron chi connectivity index (χ3n) is 6.45. The Hall–Kier alpha value is -2.35. The molecule has 3 heterocycles. The summed E-state index contributed by atoms with van der Waals surface area (Å²) in [6, 6.07) is 0. The van der Waals surface area contributed by atoms with Crippen LogP contribution in [-0.2, 0) is 9.53 Å². The van der Waals surface area contributed by atoms with Crippen LogP contribution in [0.5, 0.6) is 0 Å². The van der Waals surface area contributed by atoms with E-state index in [1.54, 1.807) is 32.6 Å². The van der Waals surface area contributed by atoms with Crippen LogP contribution in [0.2, 0.25) is 0 Å². The maximum absolute atomic E-state index is 13.2. The average Bonchev–Trinajstić information content (AvgIpc) is 3.07. The summed E-state index contributed by atoms with van der Waals surface area (Å²) in [5, 5.41) is 3.07. The minimum atomic E-state index is -0.421. The summed E-state index contributed by atoms with van der Waals surface area (Å²) in [6.07, 6.45) is 5.12. The lowest BCUT2D eigenvalue weighted by molar-refractivity contribution is -0.126. The highest BCUT2D eigenvalue weighted by molar-refractivity contribution is 6.00.